The number of ether oxygens (including phenoxy) is 1. The summed E-state index contributed by atoms with van der Waals surface area (Å²) in [5.41, 5.74) is 2.00. The van der Waals surface area contributed by atoms with Gasteiger partial charge in [0.25, 0.3) is 0 Å². The van der Waals surface area contributed by atoms with Crippen molar-refractivity contribution in [2.45, 2.75) is 6.42 Å². The lowest BCUT2D eigenvalue weighted by molar-refractivity contribution is -0.121. The second-order valence-corrected chi connectivity index (χ2v) is 4.58. The molecule has 17 heavy (non-hydrogen) atoms. The molecule has 2 rings (SSSR count). The van der Waals surface area contributed by atoms with Crippen LogP contribution in [0.4, 0.5) is 0 Å². The van der Waals surface area contributed by atoms with Crippen LogP contribution in [0.5, 0.6) is 0 Å². The second-order valence-electron chi connectivity index (χ2n) is 3.64. The van der Waals surface area contributed by atoms with Gasteiger partial charge >= 0.3 is 0 Å². The van der Waals surface area contributed by atoms with Crippen molar-refractivity contribution in [2.24, 2.45) is 0 Å². The number of aromatic nitrogens is 1. The van der Waals surface area contributed by atoms with Gasteiger partial charge in [-0.15, -0.1) is 11.3 Å². The number of nitrogens with zero attached hydrogens (tertiary/aromatic N) is 1. The van der Waals surface area contributed by atoms with Crippen LogP contribution < -0.4 is 0 Å². The van der Waals surface area contributed by atoms with E-state index in [1.807, 2.05) is 35.7 Å². The van der Waals surface area contributed by atoms with E-state index in [9.17, 15) is 4.79 Å². The molecule has 0 aliphatic rings. The third-order valence-corrected chi connectivity index (χ3v) is 3.12. The van der Waals surface area contributed by atoms with Crippen LogP contribution in [0.2, 0.25) is 0 Å². The van der Waals surface area contributed by atoms with Crippen LogP contribution in [0.25, 0.3) is 11.3 Å². The topological polar surface area (TPSA) is 39.2 Å². The molecule has 0 aliphatic heterocycles. The monoisotopic (exact) mass is 247 g/mol. The Kier molecular flexibility index (Phi) is 4.01. The lowest BCUT2D eigenvalue weighted by Crippen LogP contribution is -2.09. The standard InChI is InChI=1S/C13H13NO2S/c1-16-8-11(15)7-13-14-12(9-17-13)10-5-3-2-4-6-10/h2-6,9H,7-8H2,1H3. The fraction of sp³-hybridized carbons (Fsp3) is 0.231. The lowest BCUT2D eigenvalue weighted by atomic mass is 10.2. The molecule has 1 aromatic heterocycles. The normalized spacial score (nSPS) is 10.4. The van der Waals surface area contributed by atoms with E-state index in [1.165, 1.54) is 18.4 Å². The predicted molar refractivity (Wildman–Crippen MR) is 68.1 cm³/mol. The third-order valence-electron chi connectivity index (χ3n) is 2.28. The predicted octanol–water partition coefficient (Wildman–Crippen LogP) is 2.57. The first-order valence-electron chi connectivity index (χ1n) is 5.30. The summed E-state index contributed by atoms with van der Waals surface area (Å²) in [4.78, 5) is 15.8. The Morgan fingerprint density at radius 2 is 2.12 bits per heavy atom. The molecule has 0 aliphatic carbocycles. The fourth-order valence-corrected chi connectivity index (χ4v) is 2.35. The summed E-state index contributed by atoms with van der Waals surface area (Å²) in [6.07, 6.45) is 0.353. The Balaban J connectivity index is 2.09. The van der Waals surface area contributed by atoms with Crippen molar-refractivity contribution in [3.8, 4) is 11.3 Å². The van der Waals surface area contributed by atoms with Crippen molar-refractivity contribution in [1.82, 2.24) is 4.98 Å². The maximum absolute atomic E-state index is 11.4. The molecule has 0 saturated carbocycles. The first-order chi connectivity index (χ1) is 8.29. The van der Waals surface area contributed by atoms with Gasteiger partial charge in [-0.1, -0.05) is 30.3 Å². The van der Waals surface area contributed by atoms with Gasteiger partial charge < -0.3 is 4.74 Å². The highest BCUT2D eigenvalue weighted by atomic mass is 32.1. The summed E-state index contributed by atoms with van der Waals surface area (Å²) in [5.74, 6) is 0.0569. The zero-order chi connectivity index (χ0) is 12.1. The van der Waals surface area contributed by atoms with Crippen molar-refractivity contribution in [1.29, 1.82) is 0 Å². The van der Waals surface area contributed by atoms with E-state index in [1.54, 1.807) is 0 Å². The molecule has 0 radical (unpaired) electrons. The second kappa shape index (κ2) is 5.70. The first-order valence-corrected chi connectivity index (χ1v) is 6.18. The van der Waals surface area contributed by atoms with E-state index in [4.69, 9.17) is 4.74 Å². The van der Waals surface area contributed by atoms with Crippen molar-refractivity contribution < 1.29 is 9.53 Å². The molecular weight excluding hydrogens is 234 g/mol. The molecule has 88 valence electrons. The Labute approximate surface area is 104 Å². The van der Waals surface area contributed by atoms with E-state index < -0.39 is 0 Å². The van der Waals surface area contributed by atoms with Crippen molar-refractivity contribution in [3.63, 3.8) is 0 Å². The maximum Gasteiger partial charge on any atom is 0.165 e. The van der Waals surface area contributed by atoms with E-state index in [0.29, 0.717) is 6.42 Å². The molecule has 4 heteroatoms. The van der Waals surface area contributed by atoms with Crippen LogP contribution in [0, 0.1) is 0 Å². The van der Waals surface area contributed by atoms with E-state index in [0.717, 1.165) is 16.3 Å². The van der Waals surface area contributed by atoms with Gasteiger partial charge in [0.15, 0.2) is 5.78 Å². The number of carbonyl (C=O) groups is 1. The molecule has 0 saturated heterocycles. The Bertz CT molecular complexity index is 493. The largest absolute Gasteiger partial charge is 0.377 e. The molecule has 0 fully saturated rings. The van der Waals surface area contributed by atoms with Crippen molar-refractivity contribution in [3.05, 3.63) is 40.7 Å². The lowest BCUT2D eigenvalue weighted by Gasteiger charge is -1.96. The number of hydrogen-bond donors (Lipinski definition) is 0. The molecule has 0 N–H and O–H groups in total. The van der Waals surface area contributed by atoms with Gasteiger partial charge in [0.05, 0.1) is 12.1 Å². The highest BCUT2D eigenvalue weighted by Crippen LogP contribution is 2.21. The maximum atomic E-state index is 11.4. The molecule has 1 heterocycles. The van der Waals surface area contributed by atoms with Crippen molar-refractivity contribution in [2.75, 3.05) is 13.7 Å². The van der Waals surface area contributed by atoms with E-state index in [2.05, 4.69) is 4.98 Å². The van der Waals surface area contributed by atoms with Crippen LogP contribution in [-0.4, -0.2) is 24.5 Å². The average Bonchev–Trinajstić information content (AvgIpc) is 2.79. The van der Waals surface area contributed by atoms with Gasteiger partial charge in [-0.2, -0.15) is 0 Å². The third kappa shape index (κ3) is 3.22. The summed E-state index contributed by atoms with van der Waals surface area (Å²) >= 11 is 1.51. The quantitative estimate of drug-likeness (QED) is 0.815. The molecular formula is C13H13NO2S. The summed E-state index contributed by atoms with van der Waals surface area (Å²) in [6, 6.07) is 9.94. The molecule has 0 unspecified atom stereocenters. The van der Waals surface area contributed by atoms with Gasteiger partial charge in [-0.25, -0.2) is 4.98 Å². The number of Topliss-reactive ketones (excluding diaryl/α,β-unsaturated/α-hetero) is 1. The van der Waals surface area contributed by atoms with Crippen LogP contribution >= 0.6 is 11.3 Å². The Morgan fingerprint density at radius 3 is 2.82 bits per heavy atom. The van der Waals surface area contributed by atoms with Gasteiger partial charge in [-0.3, -0.25) is 4.79 Å². The summed E-state index contributed by atoms with van der Waals surface area (Å²) in [7, 11) is 1.52. The van der Waals surface area contributed by atoms with Gasteiger partial charge in [0, 0.05) is 18.1 Å². The highest BCUT2D eigenvalue weighted by Gasteiger charge is 2.08. The van der Waals surface area contributed by atoms with E-state index in [-0.39, 0.29) is 12.4 Å². The number of benzene rings is 1. The number of ketones is 1. The number of methoxy groups -OCH3 is 1. The van der Waals surface area contributed by atoms with Crippen LogP contribution in [-0.2, 0) is 16.0 Å². The van der Waals surface area contributed by atoms with Crippen LogP contribution in [0.15, 0.2) is 35.7 Å². The number of hydrogen-bond acceptors (Lipinski definition) is 4. The highest BCUT2D eigenvalue weighted by molar-refractivity contribution is 7.10. The van der Waals surface area contributed by atoms with Crippen LogP contribution in [0.1, 0.15) is 5.01 Å². The average molecular weight is 247 g/mol. The molecule has 1 aromatic carbocycles. The molecule has 0 spiro atoms. The zero-order valence-electron chi connectivity index (χ0n) is 9.55. The number of carbonyl (C=O) groups excluding carboxylic acids is 1. The van der Waals surface area contributed by atoms with E-state index >= 15 is 0 Å². The summed E-state index contributed by atoms with van der Waals surface area (Å²) < 4.78 is 4.79. The number of thiazole rings is 1. The Morgan fingerprint density at radius 1 is 1.35 bits per heavy atom. The number of rotatable bonds is 5. The van der Waals surface area contributed by atoms with Gasteiger partial charge in [0.1, 0.15) is 11.6 Å². The Hall–Kier alpha value is -1.52. The van der Waals surface area contributed by atoms with Gasteiger partial charge in [-0.05, 0) is 0 Å². The summed E-state index contributed by atoms with van der Waals surface area (Å²) in [6.45, 7) is 0.153. The SMILES string of the molecule is COCC(=O)Cc1nc(-c2ccccc2)cs1. The minimum absolute atomic E-state index is 0.0569. The fourth-order valence-electron chi connectivity index (χ4n) is 1.51. The molecule has 3 nitrogen and oxygen atoms in total. The van der Waals surface area contributed by atoms with Crippen LogP contribution in [0.3, 0.4) is 0 Å². The smallest absolute Gasteiger partial charge is 0.165 e. The minimum Gasteiger partial charge on any atom is -0.377 e. The molecule has 0 amide bonds. The molecule has 2 aromatic rings. The first kappa shape index (κ1) is 12.0. The zero-order valence-corrected chi connectivity index (χ0v) is 10.4. The molecule has 0 atom stereocenters. The minimum atomic E-state index is 0.0569. The van der Waals surface area contributed by atoms with Crippen molar-refractivity contribution >= 4 is 17.1 Å². The summed E-state index contributed by atoms with van der Waals surface area (Å²) in [5, 5.41) is 2.82. The molecule has 0 bridgehead atoms. The van der Waals surface area contributed by atoms with Gasteiger partial charge in [0.2, 0.25) is 0 Å².